The van der Waals surface area contributed by atoms with Crippen molar-refractivity contribution < 1.29 is 24.5 Å². The van der Waals surface area contributed by atoms with E-state index in [1.807, 2.05) is 0 Å². The summed E-state index contributed by atoms with van der Waals surface area (Å²) < 4.78 is 12.1. The fourth-order valence-corrected chi connectivity index (χ4v) is 2.46. The number of nitrogens with zero attached hydrogens (tertiary/aromatic N) is 1. The molecule has 0 aromatic carbocycles. The second-order valence-electron chi connectivity index (χ2n) is 5.48. The minimum absolute atomic E-state index is 0.00348. The lowest BCUT2D eigenvalue weighted by Crippen LogP contribution is -2.40. The van der Waals surface area contributed by atoms with Crippen molar-refractivity contribution in [1.82, 2.24) is 14.9 Å². The maximum atomic E-state index is 12.0. The van der Waals surface area contributed by atoms with Gasteiger partial charge in [-0.3, -0.25) is 19.1 Å². The van der Waals surface area contributed by atoms with Gasteiger partial charge in [-0.1, -0.05) is 0 Å². The number of aliphatic hydroxyl groups is 2. The van der Waals surface area contributed by atoms with Crippen molar-refractivity contribution in [3.8, 4) is 0 Å². The van der Waals surface area contributed by atoms with Gasteiger partial charge >= 0.3 is 5.69 Å². The number of aryl methyl sites for hydroxylation is 1. The zero-order valence-corrected chi connectivity index (χ0v) is 13.4. The molecule has 10 nitrogen and oxygen atoms in total. The van der Waals surface area contributed by atoms with Crippen molar-refractivity contribution in [2.75, 3.05) is 20.3 Å². The van der Waals surface area contributed by atoms with E-state index in [9.17, 15) is 24.6 Å². The molecule has 0 spiro atoms. The van der Waals surface area contributed by atoms with Crippen LogP contribution in [-0.4, -0.2) is 64.2 Å². The normalized spacial score (nSPS) is 26.5. The molecule has 1 aliphatic rings. The first-order valence-electron chi connectivity index (χ1n) is 7.47. The predicted molar refractivity (Wildman–Crippen MR) is 81.5 cm³/mol. The maximum Gasteiger partial charge on any atom is 0.330 e. The fourth-order valence-electron chi connectivity index (χ4n) is 2.46. The molecule has 1 fully saturated rings. The maximum absolute atomic E-state index is 12.0. The first-order valence-corrected chi connectivity index (χ1v) is 7.47. The van der Waals surface area contributed by atoms with Crippen LogP contribution in [0.2, 0.25) is 0 Å². The number of carbonyl (C=O) groups excluding carboxylic acids is 1. The van der Waals surface area contributed by atoms with Crippen molar-refractivity contribution in [2.45, 2.75) is 37.9 Å². The van der Waals surface area contributed by atoms with Gasteiger partial charge in [0, 0.05) is 25.2 Å². The average Bonchev–Trinajstić information content (AvgIpc) is 2.87. The summed E-state index contributed by atoms with van der Waals surface area (Å²) in [5, 5.41) is 21.9. The number of aliphatic hydroxyl groups excluding tert-OH is 2. The number of H-pyrrole nitrogens is 1. The number of aromatic nitrogens is 2. The Bertz CT molecular complexity index is 698. The van der Waals surface area contributed by atoms with Crippen LogP contribution in [0.15, 0.2) is 15.8 Å². The summed E-state index contributed by atoms with van der Waals surface area (Å²) in [7, 11) is 1.49. The molecule has 1 aromatic heterocycles. The third-order valence-corrected chi connectivity index (χ3v) is 3.83. The molecule has 1 aliphatic heterocycles. The van der Waals surface area contributed by atoms with Crippen LogP contribution in [0, 0.1) is 6.92 Å². The number of rotatable bonds is 6. The van der Waals surface area contributed by atoms with Gasteiger partial charge in [-0.25, -0.2) is 4.79 Å². The van der Waals surface area contributed by atoms with E-state index in [4.69, 9.17) is 9.47 Å². The first kappa shape index (κ1) is 18.3. The lowest BCUT2D eigenvalue weighted by Gasteiger charge is -2.22. The Labute approximate surface area is 137 Å². The number of nitrogens with one attached hydrogen (secondary N) is 2. The summed E-state index contributed by atoms with van der Waals surface area (Å²) in [5.41, 5.74) is -0.962. The van der Waals surface area contributed by atoms with Crippen molar-refractivity contribution in [3.05, 3.63) is 32.6 Å². The molecule has 1 aromatic rings. The van der Waals surface area contributed by atoms with Gasteiger partial charge in [0.25, 0.3) is 5.56 Å². The Hall–Kier alpha value is -2.01. The number of hydrogen-bond acceptors (Lipinski definition) is 7. The van der Waals surface area contributed by atoms with Crippen molar-refractivity contribution in [3.63, 3.8) is 0 Å². The zero-order chi connectivity index (χ0) is 17.9. The van der Waals surface area contributed by atoms with Crippen molar-refractivity contribution in [2.24, 2.45) is 0 Å². The van der Waals surface area contributed by atoms with Gasteiger partial charge in [0.1, 0.15) is 18.3 Å². The van der Waals surface area contributed by atoms with Gasteiger partial charge in [-0.15, -0.1) is 0 Å². The van der Waals surface area contributed by atoms with Gasteiger partial charge in [0.2, 0.25) is 5.91 Å². The highest BCUT2D eigenvalue weighted by molar-refractivity contribution is 5.75. The lowest BCUT2D eigenvalue weighted by atomic mass is 10.1. The van der Waals surface area contributed by atoms with Crippen molar-refractivity contribution in [1.29, 1.82) is 0 Å². The Morgan fingerprint density at radius 1 is 1.50 bits per heavy atom. The predicted octanol–water partition coefficient (Wildman–Crippen LogP) is -2.38. The van der Waals surface area contributed by atoms with Gasteiger partial charge in [-0.05, 0) is 6.92 Å². The van der Waals surface area contributed by atoms with Crippen LogP contribution in [0.25, 0.3) is 0 Å². The number of aromatic amines is 1. The topological polar surface area (TPSA) is 143 Å². The summed E-state index contributed by atoms with van der Waals surface area (Å²) >= 11 is 0. The van der Waals surface area contributed by atoms with Crippen LogP contribution >= 0.6 is 0 Å². The minimum atomic E-state index is -1.19. The first-order chi connectivity index (χ1) is 11.4. The Kier molecular flexibility index (Phi) is 5.89. The van der Waals surface area contributed by atoms with Crippen LogP contribution < -0.4 is 16.6 Å². The fraction of sp³-hybridized carbons (Fsp3) is 0.643. The third kappa shape index (κ3) is 3.73. The van der Waals surface area contributed by atoms with E-state index in [0.717, 1.165) is 4.57 Å². The highest BCUT2D eigenvalue weighted by Crippen LogP contribution is 2.30. The molecule has 2 rings (SSSR count). The summed E-state index contributed by atoms with van der Waals surface area (Å²) in [4.78, 5) is 36.9. The molecular formula is C14H21N3O7. The Balaban J connectivity index is 2.25. The molecule has 1 saturated heterocycles. The quantitative estimate of drug-likeness (QED) is 0.451. The molecule has 0 bridgehead atoms. The lowest BCUT2D eigenvalue weighted by molar-refractivity contribution is -0.124. The zero-order valence-electron chi connectivity index (χ0n) is 13.4. The second-order valence-corrected chi connectivity index (χ2v) is 5.48. The second kappa shape index (κ2) is 7.71. The molecule has 0 aliphatic carbocycles. The number of amides is 1. The van der Waals surface area contributed by atoms with E-state index in [1.165, 1.54) is 20.2 Å². The average molecular weight is 343 g/mol. The smallest absolute Gasteiger partial charge is 0.330 e. The van der Waals surface area contributed by atoms with Crippen LogP contribution in [0.5, 0.6) is 0 Å². The van der Waals surface area contributed by atoms with Crippen molar-refractivity contribution >= 4 is 5.91 Å². The van der Waals surface area contributed by atoms with E-state index in [0.29, 0.717) is 0 Å². The van der Waals surface area contributed by atoms with Crippen LogP contribution in [0.1, 0.15) is 18.2 Å². The van der Waals surface area contributed by atoms with E-state index in [-0.39, 0.29) is 24.5 Å². The summed E-state index contributed by atoms with van der Waals surface area (Å²) in [6.07, 6.45) is -2.79. The van der Waals surface area contributed by atoms with Crippen LogP contribution in [0.4, 0.5) is 0 Å². The molecule has 10 heteroatoms. The summed E-state index contributed by atoms with van der Waals surface area (Å²) in [6.45, 7) is 1.05. The molecule has 2 heterocycles. The minimum Gasteiger partial charge on any atom is -0.394 e. The molecule has 0 unspecified atom stereocenters. The molecule has 0 saturated carbocycles. The molecule has 4 atom stereocenters. The molecule has 134 valence electrons. The van der Waals surface area contributed by atoms with Gasteiger partial charge < -0.3 is 25.0 Å². The number of hydrogen-bond donors (Lipinski definition) is 4. The SMILES string of the molecule is CNC(=O)CCO[C@@H]1[C@@H](O)[C@@H](CO)O[C@H]1n1cc(C)c(=O)[nH]c1=O. The highest BCUT2D eigenvalue weighted by atomic mass is 16.6. The van der Waals surface area contributed by atoms with E-state index >= 15 is 0 Å². The molecule has 1 amide bonds. The van der Waals surface area contributed by atoms with Gasteiger partial charge in [0.15, 0.2) is 6.23 Å². The van der Waals surface area contributed by atoms with Gasteiger partial charge in [-0.2, -0.15) is 0 Å². The number of carbonyl (C=O) groups is 1. The summed E-state index contributed by atoms with van der Waals surface area (Å²) in [6, 6.07) is 0. The van der Waals surface area contributed by atoms with Crippen LogP contribution in [0.3, 0.4) is 0 Å². The highest BCUT2D eigenvalue weighted by Gasteiger charge is 2.45. The van der Waals surface area contributed by atoms with Gasteiger partial charge in [0.05, 0.1) is 13.2 Å². The largest absolute Gasteiger partial charge is 0.394 e. The summed E-state index contributed by atoms with van der Waals surface area (Å²) in [5.74, 6) is -0.240. The Morgan fingerprint density at radius 3 is 2.83 bits per heavy atom. The van der Waals surface area contributed by atoms with Crippen LogP contribution in [-0.2, 0) is 14.3 Å². The van der Waals surface area contributed by atoms with E-state index < -0.39 is 42.4 Å². The molecule has 4 N–H and O–H groups in total. The molecule has 0 radical (unpaired) electrons. The monoisotopic (exact) mass is 343 g/mol. The standard InChI is InChI=1S/C14H21N3O7/c1-7-5-17(14(22)16-12(7)21)13-11(10(20)8(6-18)24-13)23-4-3-9(19)15-2/h5,8,10-11,13,18,20H,3-4,6H2,1-2H3,(H,15,19)(H,16,21,22)/t8-,10+,11-,13-/m1/s1. The molecule has 24 heavy (non-hydrogen) atoms. The Morgan fingerprint density at radius 2 is 2.21 bits per heavy atom. The molecular weight excluding hydrogens is 322 g/mol. The third-order valence-electron chi connectivity index (χ3n) is 3.83. The van der Waals surface area contributed by atoms with E-state index in [2.05, 4.69) is 10.3 Å². The van der Waals surface area contributed by atoms with E-state index in [1.54, 1.807) is 0 Å². The number of ether oxygens (including phenoxy) is 2.